The van der Waals surface area contributed by atoms with Crippen LogP contribution in [0.4, 0.5) is 0 Å². The molecule has 4 aromatic rings. The molecule has 1 unspecified atom stereocenters. The van der Waals surface area contributed by atoms with Crippen LogP contribution in [0.1, 0.15) is 43.6 Å². The van der Waals surface area contributed by atoms with Crippen LogP contribution in [0, 0.1) is 6.92 Å². The van der Waals surface area contributed by atoms with Gasteiger partial charge in [0.05, 0.1) is 18.8 Å². The highest BCUT2D eigenvalue weighted by atomic mass is 16.5. The van der Waals surface area contributed by atoms with Crippen molar-refractivity contribution < 1.29 is 9.84 Å². The number of hydrogen-bond acceptors (Lipinski definition) is 3. The summed E-state index contributed by atoms with van der Waals surface area (Å²) in [5.74, 6) is 0. The summed E-state index contributed by atoms with van der Waals surface area (Å²) < 4.78 is 6.12. The summed E-state index contributed by atoms with van der Waals surface area (Å²) in [6.45, 7) is 9.26. The number of hydrogen-bond donors (Lipinski definition) is 2. The van der Waals surface area contributed by atoms with Gasteiger partial charge >= 0.3 is 0 Å². The summed E-state index contributed by atoms with van der Waals surface area (Å²) in [5.41, 5.74) is 5.87. The Morgan fingerprint density at radius 3 is 2.31 bits per heavy atom. The Balaban J connectivity index is 1.31. The normalized spacial score (nSPS) is 13.6. The second kappa shape index (κ2) is 11.2. The summed E-state index contributed by atoms with van der Waals surface area (Å²) in [7, 11) is 0. The van der Waals surface area contributed by atoms with Crippen molar-refractivity contribution in [2.75, 3.05) is 13.2 Å². The highest BCUT2D eigenvalue weighted by Gasteiger charge is 2.20. The van der Waals surface area contributed by atoms with Crippen LogP contribution in [0.5, 0.6) is 0 Å². The number of nitrogens with one attached hydrogen (secondary N) is 1. The molecule has 0 heterocycles. The largest absolute Gasteiger partial charge is 0.389 e. The zero-order chi connectivity index (χ0) is 24.8. The van der Waals surface area contributed by atoms with E-state index in [1.54, 1.807) is 0 Å². The minimum absolute atomic E-state index is 0.118. The summed E-state index contributed by atoms with van der Waals surface area (Å²) in [6, 6.07) is 32.0. The first-order valence-electron chi connectivity index (χ1n) is 12.5. The molecule has 4 rings (SSSR count). The number of aliphatic hydroxyl groups excluding tert-OH is 1. The van der Waals surface area contributed by atoms with Crippen LogP contribution >= 0.6 is 0 Å². The van der Waals surface area contributed by atoms with E-state index in [0.29, 0.717) is 6.54 Å². The van der Waals surface area contributed by atoms with Gasteiger partial charge in [-0.15, -0.1) is 0 Å². The molecule has 0 aliphatic heterocycles. The molecule has 0 saturated heterocycles. The van der Waals surface area contributed by atoms with Gasteiger partial charge in [-0.3, -0.25) is 0 Å². The summed E-state index contributed by atoms with van der Waals surface area (Å²) >= 11 is 0. The molecule has 0 aliphatic carbocycles. The van der Waals surface area contributed by atoms with Gasteiger partial charge in [-0.1, -0.05) is 96.6 Å². The SMILES string of the molecule is Cc1ccc(-c2ccccc2C(C)OC[C@H](O)CNC(C)(C)Cc2ccc3ccccc3c2)cc1. The molecule has 0 spiro atoms. The predicted molar refractivity (Wildman–Crippen MR) is 147 cm³/mol. The Bertz CT molecular complexity index is 1250. The number of ether oxygens (including phenoxy) is 1. The smallest absolute Gasteiger partial charge is 0.0898 e. The van der Waals surface area contributed by atoms with Crippen molar-refractivity contribution in [2.45, 2.75) is 51.9 Å². The van der Waals surface area contributed by atoms with Crippen LogP contribution in [0.25, 0.3) is 21.9 Å². The van der Waals surface area contributed by atoms with E-state index in [0.717, 1.165) is 12.0 Å². The Kier molecular flexibility index (Phi) is 8.02. The number of aryl methyl sites for hydroxylation is 1. The molecule has 2 atom stereocenters. The van der Waals surface area contributed by atoms with Gasteiger partial charge in [0.15, 0.2) is 0 Å². The Morgan fingerprint density at radius 2 is 1.54 bits per heavy atom. The third-order valence-electron chi connectivity index (χ3n) is 6.58. The van der Waals surface area contributed by atoms with Gasteiger partial charge in [-0.25, -0.2) is 0 Å². The van der Waals surface area contributed by atoms with Crippen LogP contribution in [0.2, 0.25) is 0 Å². The number of fused-ring (bicyclic) bond motifs is 1. The standard InChI is InChI=1S/C32H37NO2/c1-23-13-16-27(17-14-23)31-12-8-7-11-30(31)24(2)35-22-29(34)21-33-32(3,4)20-25-15-18-26-9-5-6-10-28(26)19-25/h5-19,24,29,33-34H,20-22H2,1-4H3/t24?,29-/m1/s1. The second-order valence-corrected chi connectivity index (χ2v) is 10.2. The fraction of sp³-hybridized carbons (Fsp3) is 0.312. The van der Waals surface area contributed by atoms with E-state index < -0.39 is 6.10 Å². The van der Waals surface area contributed by atoms with Crippen molar-refractivity contribution in [3.63, 3.8) is 0 Å². The fourth-order valence-corrected chi connectivity index (χ4v) is 4.57. The van der Waals surface area contributed by atoms with Gasteiger partial charge in [-0.2, -0.15) is 0 Å². The van der Waals surface area contributed by atoms with Gasteiger partial charge in [0, 0.05) is 12.1 Å². The van der Waals surface area contributed by atoms with E-state index in [1.165, 1.54) is 33.0 Å². The topological polar surface area (TPSA) is 41.5 Å². The lowest BCUT2D eigenvalue weighted by molar-refractivity contribution is -0.00397. The van der Waals surface area contributed by atoms with Crippen LogP contribution in [-0.4, -0.2) is 29.9 Å². The molecule has 0 amide bonds. The summed E-state index contributed by atoms with van der Waals surface area (Å²) in [4.78, 5) is 0. The highest BCUT2D eigenvalue weighted by Crippen LogP contribution is 2.30. The molecular weight excluding hydrogens is 430 g/mol. The quantitative estimate of drug-likeness (QED) is 0.268. The van der Waals surface area contributed by atoms with E-state index >= 15 is 0 Å². The van der Waals surface area contributed by atoms with Gasteiger partial charge in [-0.05, 0) is 67.1 Å². The zero-order valence-corrected chi connectivity index (χ0v) is 21.3. The van der Waals surface area contributed by atoms with Gasteiger partial charge in [0.25, 0.3) is 0 Å². The van der Waals surface area contributed by atoms with Crippen molar-refractivity contribution in [3.8, 4) is 11.1 Å². The molecule has 2 N–H and O–H groups in total. The van der Waals surface area contributed by atoms with Crippen molar-refractivity contribution in [1.29, 1.82) is 0 Å². The van der Waals surface area contributed by atoms with Gasteiger partial charge in [0.2, 0.25) is 0 Å². The highest BCUT2D eigenvalue weighted by molar-refractivity contribution is 5.83. The first-order chi connectivity index (χ1) is 16.8. The third kappa shape index (κ3) is 6.79. The maximum absolute atomic E-state index is 10.6. The molecule has 3 heteroatoms. The summed E-state index contributed by atoms with van der Waals surface area (Å²) in [5, 5.41) is 16.7. The fourth-order valence-electron chi connectivity index (χ4n) is 4.57. The number of rotatable bonds is 10. The number of aliphatic hydroxyl groups is 1. The van der Waals surface area contributed by atoms with E-state index in [9.17, 15) is 5.11 Å². The van der Waals surface area contributed by atoms with Crippen LogP contribution < -0.4 is 5.32 Å². The molecule has 4 aromatic carbocycles. The Morgan fingerprint density at radius 1 is 0.857 bits per heavy atom. The van der Waals surface area contributed by atoms with Crippen molar-refractivity contribution in [1.82, 2.24) is 5.32 Å². The van der Waals surface area contributed by atoms with Crippen LogP contribution in [0.3, 0.4) is 0 Å². The minimum atomic E-state index is -0.583. The van der Waals surface area contributed by atoms with E-state index in [1.807, 2.05) is 6.07 Å². The molecule has 35 heavy (non-hydrogen) atoms. The maximum Gasteiger partial charge on any atom is 0.0898 e. The minimum Gasteiger partial charge on any atom is -0.389 e. The van der Waals surface area contributed by atoms with Crippen molar-refractivity contribution in [3.05, 3.63) is 108 Å². The molecule has 3 nitrogen and oxygen atoms in total. The predicted octanol–water partition coefficient (Wildman–Crippen LogP) is 6.86. The molecule has 0 radical (unpaired) electrons. The maximum atomic E-state index is 10.6. The van der Waals surface area contributed by atoms with Gasteiger partial charge in [0.1, 0.15) is 0 Å². The molecule has 0 saturated carbocycles. The first kappa shape index (κ1) is 25.1. The lowest BCUT2D eigenvalue weighted by atomic mass is 9.93. The monoisotopic (exact) mass is 467 g/mol. The third-order valence-corrected chi connectivity index (χ3v) is 6.58. The van der Waals surface area contributed by atoms with Crippen LogP contribution in [0.15, 0.2) is 91.0 Å². The first-order valence-corrected chi connectivity index (χ1v) is 12.5. The van der Waals surface area contributed by atoms with Gasteiger partial charge < -0.3 is 15.2 Å². The molecule has 0 aliphatic rings. The lowest BCUT2D eigenvalue weighted by Gasteiger charge is -2.28. The second-order valence-electron chi connectivity index (χ2n) is 10.2. The van der Waals surface area contributed by atoms with E-state index in [4.69, 9.17) is 4.74 Å². The average molecular weight is 468 g/mol. The molecule has 182 valence electrons. The van der Waals surface area contributed by atoms with Crippen molar-refractivity contribution >= 4 is 10.8 Å². The summed E-state index contributed by atoms with van der Waals surface area (Å²) in [6.07, 6.45) is 0.179. The number of β-amino-alcohol motifs (C(OH)–C–C–N with tert-alkyl or cyclic N) is 1. The molecule has 0 aromatic heterocycles. The lowest BCUT2D eigenvalue weighted by Crippen LogP contribution is -2.46. The Hall–Kier alpha value is -2.98. The van der Waals surface area contributed by atoms with Crippen LogP contribution in [-0.2, 0) is 11.2 Å². The molecular formula is C32H37NO2. The number of benzene rings is 4. The average Bonchev–Trinajstić information content (AvgIpc) is 2.86. The van der Waals surface area contributed by atoms with Crippen molar-refractivity contribution in [2.24, 2.45) is 0 Å². The zero-order valence-electron chi connectivity index (χ0n) is 21.3. The Labute approximate surface area is 209 Å². The van der Waals surface area contributed by atoms with E-state index in [-0.39, 0.29) is 18.2 Å². The molecule has 0 bridgehead atoms. The van der Waals surface area contributed by atoms with E-state index in [2.05, 4.69) is 118 Å². The molecule has 0 fully saturated rings.